The molecule has 2 N–H and O–H groups in total. The molecule has 0 aromatic heterocycles. The number of ether oxygens (including phenoxy) is 1. The summed E-state index contributed by atoms with van der Waals surface area (Å²) in [4.78, 5) is 15.1. The fourth-order valence-electron chi connectivity index (χ4n) is 5.53. The lowest BCUT2D eigenvalue weighted by Crippen LogP contribution is -2.60. The second-order valence-electron chi connectivity index (χ2n) is 9.20. The predicted octanol–water partition coefficient (Wildman–Crippen LogP) is 4.07. The number of rotatable bonds is 5. The number of fused-ring (bicyclic) bond motifs is 1. The summed E-state index contributed by atoms with van der Waals surface area (Å²) in [7, 11) is 3.78. The molecule has 2 aromatic carbocycles. The number of hydrogen-bond acceptors (Lipinski definition) is 4. The van der Waals surface area contributed by atoms with Gasteiger partial charge in [0.1, 0.15) is 5.75 Å². The van der Waals surface area contributed by atoms with Crippen LogP contribution < -0.4 is 10.1 Å². The number of aliphatic hydroxyl groups excluding tert-OH is 1. The van der Waals surface area contributed by atoms with Crippen LogP contribution in [0.4, 0.5) is 0 Å². The van der Waals surface area contributed by atoms with Crippen molar-refractivity contribution in [2.24, 2.45) is 5.92 Å². The van der Waals surface area contributed by atoms with Crippen LogP contribution in [0.2, 0.25) is 10.0 Å². The van der Waals surface area contributed by atoms with Crippen LogP contribution in [0.3, 0.4) is 0 Å². The molecule has 2 aliphatic rings. The quantitative estimate of drug-likeness (QED) is 0.682. The third-order valence-corrected chi connectivity index (χ3v) is 7.86. The summed E-state index contributed by atoms with van der Waals surface area (Å²) < 4.78 is 5.48. The van der Waals surface area contributed by atoms with Gasteiger partial charge >= 0.3 is 0 Å². The number of benzene rings is 2. The second kappa shape index (κ2) is 9.60. The largest absolute Gasteiger partial charge is 0.497 e. The van der Waals surface area contributed by atoms with E-state index in [1.54, 1.807) is 19.2 Å². The Labute approximate surface area is 199 Å². The highest BCUT2D eigenvalue weighted by Gasteiger charge is 2.51. The van der Waals surface area contributed by atoms with Gasteiger partial charge in [-0.2, -0.15) is 0 Å². The number of amides is 1. The molecule has 1 aliphatic heterocycles. The highest BCUT2D eigenvalue weighted by molar-refractivity contribution is 6.42. The standard InChI is InChI=1S/C25H30Cl2N2O3/c1-29-9-8-25(17-4-3-5-19(12-17)32-2)14-18(13-23(30)20(25)15-29)28-24(31)11-16-6-7-21(26)22(27)10-16/h3-7,10,12,18,20,23,30H,8-9,11,13-15H2,1-2H3,(H,28,31)/t18-,20?,23?,25?/m1/s1. The monoisotopic (exact) mass is 476 g/mol. The summed E-state index contributed by atoms with van der Waals surface area (Å²) >= 11 is 12.1. The maximum Gasteiger partial charge on any atom is 0.224 e. The Balaban J connectivity index is 1.56. The van der Waals surface area contributed by atoms with Crippen molar-refractivity contribution in [2.45, 2.75) is 43.2 Å². The van der Waals surface area contributed by atoms with E-state index in [1.165, 1.54) is 5.56 Å². The Morgan fingerprint density at radius 1 is 1.25 bits per heavy atom. The minimum absolute atomic E-state index is 0.0761. The highest BCUT2D eigenvalue weighted by Crippen LogP contribution is 2.49. The lowest BCUT2D eigenvalue weighted by atomic mass is 9.57. The van der Waals surface area contributed by atoms with Crippen LogP contribution in [0.15, 0.2) is 42.5 Å². The van der Waals surface area contributed by atoms with Crippen molar-refractivity contribution >= 4 is 29.1 Å². The van der Waals surface area contributed by atoms with Crippen LogP contribution in [-0.2, 0) is 16.6 Å². The summed E-state index contributed by atoms with van der Waals surface area (Å²) in [6.45, 7) is 1.78. The minimum Gasteiger partial charge on any atom is -0.497 e. The van der Waals surface area contributed by atoms with E-state index in [9.17, 15) is 9.90 Å². The van der Waals surface area contributed by atoms with Gasteiger partial charge in [-0.3, -0.25) is 4.79 Å². The molecule has 1 heterocycles. The van der Waals surface area contributed by atoms with Crippen LogP contribution in [0.5, 0.6) is 5.75 Å². The first kappa shape index (κ1) is 23.4. The molecular formula is C25H30Cl2N2O3. The number of nitrogens with zero attached hydrogens (tertiary/aromatic N) is 1. The molecule has 7 heteroatoms. The van der Waals surface area contributed by atoms with Crippen molar-refractivity contribution in [1.29, 1.82) is 0 Å². The summed E-state index contributed by atoms with van der Waals surface area (Å²) in [5.74, 6) is 0.846. The Morgan fingerprint density at radius 3 is 2.81 bits per heavy atom. The first-order valence-electron chi connectivity index (χ1n) is 11.0. The molecule has 0 radical (unpaired) electrons. The molecule has 1 saturated heterocycles. The molecule has 5 nitrogen and oxygen atoms in total. The van der Waals surface area contributed by atoms with Gasteiger partial charge in [-0.05, 0) is 68.2 Å². The van der Waals surface area contributed by atoms with Gasteiger partial charge in [0.15, 0.2) is 0 Å². The summed E-state index contributed by atoms with van der Waals surface area (Å²) in [6.07, 6.45) is 2.01. The number of nitrogens with one attached hydrogen (secondary N) is 1. The minimum atomic E-state index is -0.493. The number of carbonyl (C=O) groups excluding carboxylic acids is 1. The molecule has 1 amide bonds. The molecular weight excluding hydrogens is 447 g/mol. The number of methoxy groups -OCH3 is 1. The molecule has 1 saturated carbocycles. The molecule has 1 aliphatic carbocycles. The second-order valence-corrected chi connectivity index (χ2v) is 10.0. The Kier molecular flexibility index (Phi) is 7.01. The van der Waals surface area contributed by atoms with Gasteiger partial charge in [0.25, 0.3) is 0 Å². The maximum absolute atomic E-state index is 12.8. The van der Waals surface area contributed by atoms with Gasteiger partial charge in [-0.1, -0.05) is 41.4 Å². The SMILES string of the molecule is COc1cccc(C23CCN(C)CC2C(O)C[C@@H](NC(=O)Cc2ccc(Cl)c(Cl)c2)C3)c1. The predicted molar refractivity (Wildman–Crippen MR) is 128 cm³/mol. The van der Waals surface area contributed by atoms with Gasteiger partial charge in [-0.25, -0.2) is 0 Å². The smallest absolute Gasteiger partial charge is 0.224 e. The zero-order valence-corrected chi connectivity index (χ0v) is 20.0. The number of piperidine rings is 1. The number of carbonyl (C=O) groups is 1. The van der Waals surface area contributed by atoms with Crippen molar-refractivity contribution in [2.75, 3.05) is 27.2 Å². The Morgan fingerprint density at radius 2 is 2.06 bits per heavy atom. The van der Waals surface area contributed by atoms with E-state index in [0.717, 1.165) is 37.2 Å². The van der Waals surface area contributed by atoms with Gasteiger partial charge in [-0.15, -0.1) is 0 Å². The summed E-state index contributed by atoms with van der Waals surface area (Å²) in [5.41, 5.74) is 1.78. The molecule has 3 unspecified atom stereocenters. The van der Waals surface area contributed by atoms with E-state index in [0.29, 0.717) is 16.5 Å². The van der Waals surface area contributed by atoms with Gasteiger partial charge in [0, 0.05) is 23.9 Å². The maximum atomic E-state index is 12.8. The lowest BCUT2D eigenvalue weighted by Gasteiger charge is -2.54. The third kappa shape index (κ3) is 4.76. The topological polar surface area (TPSA) is 61.8 Å². The van der Waals surface area contributed by atoms with Crippen LogP contribution in [0, 0.1) is 5.92 Å². The Bertz CT molecular complexity index is 985. The van der Waals surface area contributed by atoms with Gasteiger partial charge < -0.3 is 20.1 Å². The molecule has 2 fully saturated rings. The van der Waals surface area contributed by atoms with Crippen molar-refractivity contribution in [3.8, 4) is 5.75 Å². The van der Waals surface area contributed by atoms with Crippen LogP contribution in [0.25, 0.3) is 0 Å². The average Bonchev–Trinajstić information content (AvgIpc) is 2.77. The van der Waals surface area contributed by atoms with E-state index in [-0.39, 0.29) is 29.7 Å². The van der Waals surface area contributed by atoms with E-state index in [2.05, 4.69) is 29.4 Å². The van der Waals surface area contributed by atoms with Crippen molar-refractivity contribution in [1.82, 2.24) is 10.2 Å². The zero-order chi connectivity index (χ0) is 22.9. The summed E-state index contributed by atoms with van der Waals surface area (Å²) in [6, 6.07) is 13.3. The third-order valence-electron chi connectivity index (χ3n) is 7.12. The normalized spacial score (nSPS) is 28.1. The fourth-order valence-corrected chi connectivity index (χ4v) is 5.85. The molecule has 0 bridgehead atoms. The average molecular weight is 477 g/mol. The highest BCUT2D eigenvalue weighted by atomic mass is 35.5. The van der Waals surface area contributed by atoms with E-state index < -0.39 is 6.10 Å². The van der Waals surface area contributed by atoms with Gasteiger partial charge in [0.2, 0.25) is 5.91 Å². The number of halogens is 2. The van der Waals surface area contributed by atoms with Crippen molar-refractivity contribution in [3.05, 3.63) is 63.6 Å². The molecule has 0 spiro atoms. The number of aliphatic hydroxyl groups is 1. The molecule has 2 aromatic rings. The van der Waals surface area contributed by atoms with Crippen LogP contribution >= 0.6 is 23.2 Å². The lowest BCUT2D eigenvalue weighted by molar-refractivity contribution is -0.122. The number of hydrogen-bond donors (Lipinski definition) is 2. The van der Waals surface area contributed by atoms with E-state index >= 15 is 0 Å². The van der Waals surface area contributed by atoms with Crippen LogP contribution in [0.1, 0.15) is 30.4 Å². The molecule has 4 rings (SSSR count). The van der Waals surface area contributed by atoms with E-state index in [1.807, 2.05) is 18.2 Å². The molecule has 32 heavy (non-hydrogen) atoms. The van der Waals surface area contributed by atoms with Crippen molar-refractivity contribution in [3.63, 3.8) is 0 Å². The molecule has 4 atom stereocenters. The van der Waals surface area contributed by atoms with E-state index in [4.69, 9.17) is 27.9 Å². The molecule has 172 valence electrons. The summed E-state index contributed by atoms with van der Waals surface area (Å²) in [5, 5.41) is 15.3. The van der Waals surface area contributed by atoms with Crippen molar-refractivity contribution < 1.29 is 14.6 Å². The number of likely N-dealkylation sites (tertiary alicyclic amines) is 1. The fraction of sp³-hybridized carbons (Fsp3) is 0.480. The first-order chi connectivity index (χ1) is 15.3. The Hall–Kier alpha value is -1.79. The van der Waals surface area contributed by atoms with Crippen LogP contribution in [-0.4, -0.2) is 55.3 Å². The zero-order valence-electron chi connectivity index (χ0n) is 18.5. The van der Waals surface area contributed by atoms with Gasteiger partial charge in [0.05, 0.1) is 29.7 Å². The first-order valence-corrected chi connectivity index (χ1v) is 11.8.